The number of amides is 1. The van der Waals surface area contributed by atoms with Gasteiger partial charge in [-0.2, -0.15) is 0 Å². The third-order valence-electron chi connectivity index (χ3n) is 4.71. The Balaban J connectivity index is 1.97. The van der Waals surface area contributed by atoms with Crippen molar-refractivity contribution in [3.8, 4) is 0 Å². The van der Waals surface area contributed by atoms with Crippen LogP contribution in [0.15, 0.2) is 27.7 Å². The van der Waals surface area contributed by atoms with Crippen LogP contribution in [0.3, 0.4) is 0 Å². The number of likely N-dealkylation sites (tertiary alicyclic amines) is 1. The van der Waals surface area contributed by atoms with Crippen molar-refractivity contribution in [3.05, 3.63) is 33.8 Å². The monoisotopic (exact) mass is 408 g/mol. The summed E-state index contributed by atoms with van der Waals surface area (Å²) in [6.45, 7) is 7.65. The van der Waals surface area contributed by atoms with E-state index in [1.165, 1.54) is 11.1 Å². The van der Waals surface area contributed by atoms with Crippen LogP contribution in [-0.4, -0.2) is 43.4 Å². The molecule has 0 saturated carbocycles. The van der Waals surface area contributed by atoms with Crippen LogP contribution in [0.5, 0.6) is 0 Å². The van der Waals surface area contributed by atoms with Gasteiger partial charge in [0.2, 0.25) is 5.91 Å². The molecule has 1 aromatic rings. The zero-order valence-electron chi connectivity index (χ0n) is 15.4. The van der Waals surface area contributed by atoms with E-state index in [0.717, 1.165) is 42.9 Å². The van der Waals surface area contributed by atoms with Gasteiger partial charge in [0.05, 0.1) is 6.54 Å². The number of carbonyl (C=O) groups excluding carboxylic acids is 1. The van der Waals surface area contributed by atoms with Gasteiger partial charge < -0.3 is 15.5 Å². The van der Waals surface area contributed by atoms with Gasteiger partial charge in [0.25, 0.3) is 0 Å². The lowest BCUT2D eigenvalue weighted by molar-refractivity contribution is -0.121. The lowest BCUT2D eigenvalue weighted by Gasteiger charge is -2.34. The van der Waals surface area contributed by atoms with Crippen LogP contribution in [0.1, 0.15) is 37.3 Å². The van der Waals surface area contributed by atoms with Crippen molar-refractivity contribution in [1.29, 1.82) is 0 Å². The Hall–Kier alpha value is -1.56. The average molecular weight is 409 g/mol. The topological polar surface area (TPSA) is 56.7 Å². The minimum atomic E-state index is 0.143. The van der Waals surface area contributed by atoms with Crippen LogP contribution in [0.4, 0.5) is 0 Å². The first-order chi connectivity index (χ1) is 12.0. The summed E-state index contributed by atoms with van der Waals surface area (Å²) in [5, 5.41) is 6.13. The summed E-state index contributed by atoms with van der Waals surface area (Å²) in [6.07, 6.45) is 2.71. The minimum Gasteiger partial charge on any atom is -0.359 e. The molecule has 0 aliphatic carbocycles. The fraction of sp³-hybridized carbons (Fsp3) is 0.579. The van der Waals surface area contributed by atoms with Crippen LogP contribution >= 0.6 is 15.9 Å². The predicted molar refractivity (Wildman–Crippen MR) is 107 cm³/mol. The first-order valence-electron chi connectivity index (χ1n) is 9.02. The maximum Gasteiger partial charge on any atom is 0.220 e. The molecule has 2 rings (SSSR count). The van der Waals surface area contributed by atoms with Gasteiger partial charge in [-0.25, -0.2) is 4.99 Å². The third-order valence-corrected chi connectivity index (χ3v) is 5.20. The molecule has 1 fully saturated rings. The molecule has 6 heteroatoms. The molecule has 1 aromatic carbocycles. The van der Waals surface area contributed by atoms with Gasteiger partial charge in [0.15, 0.2) is 5.96 Å². The lowest BCUT2D eigenvalue weighted by Crippen LogP contribution is -2.46. The van der Waals surface area contributed by atoms with E-state index in [0.29, 0.717) is 18.9 Å². The quantitative estimate of drug-likeness (QED) is 0.581. The number of carbonyl (C=O) groups is 1. The van der Waals surface area contributed by atoms with Crippen LogP contribution < -0.4 is 10.6 Å². The highest BCUT2D eigenvalue weighted by Gasteiger charge is 2.23. The van der Waals surface area contributed by atoms with Crippen molar-refractivity contribution in [2.24, 2.45) is 10.9 Å². The Bertz CT molecular complexity index is 609. The van der Waals surface area contributed by atoms with Crippen LogP contribution in [0, 0.1) is 12.8 Å². The molecule has 138 valence electrons. The molecular weight excluding hydrogens is 380 g/mol. The van der Waals surface area contributed by atoms with Gasteiger partial charge in [0.1, 0.15) is 0 Å². The predicted octanol–water partition coefficient (Wildman–Crippen LogP) is 3.07. The van der Waals surface area contributed by atoms with Gasteiger partial charge in [-0.15, -0.1) is 0 Å². The summed E-state index contributed by atoms with van der Waals surface area (Å²) >= 11 is 3.51. The Labute approximate surface area is 159 Å². The summed E-state index contributed by atoms with van der Waals surface area (Å²) in [5.74, 6) is 1.60. The number of hydrogen-bond acceptors (Lipinski definition) is 2. The van der Waals surface area contributed by atoms with Gasteiger partial charge in [-0.05, 0) is 55.9 Å². The highest BCUT2D eigenvalue weighted by molar-refractivity contribution is 9.10. The van der Waals surface area contributed by atoms with Crippen molar-refractivity contribution in [1.82, 2.24) is 15.5 Å². The molecule has 0 atom stereocenters. The minimum absolute atomic E-state index is 0.143. The smallest absolute Gasteiger partial charge is 0.220 e. The number of rotatable bonds is 5. The first-order valence-corrected chi connectivity index (χ1v) is 9.81. The Kier molecular flexibility index (Phi) is 7.75. The fourth-order valence-electron chi connectivity index (χ4n) is 3.14. The summed E-state index contributed by atoms with van der Waals surface area (Å²) in [4.78, 5) is 18.7. The molecule has 1 aliphatic rings. The van der Waals surface area contributed by atoms with E-state index < -0.39 is 0 Å². The number of nitrogens with one attached hydrogen (secondary N) is 2. The zero-order chi connectivity index (χ0) is 18.2. The fourth-order valence-corrected chi connectivity index (χ4v) is 3.61. The summed E-state index contributed by atoms with van der Waals surface area (Å²) in [5.41, 5.74) is 2.49. The van der Waals surface area contributed by atoms with Crippen LogP contribution in [0.25, 0.3) is 0 Å². The van der Waals surface area contributed by atoms with Crippen molar-refractivity contribution < 1.29 is 4.79 Å². The van der Waals surface area contributed by atoms with Gasteiger partial charge in [0, 0.05) is 37.6 Å². The maximum atomic E-state index is 11.5. The number of guanidine groups is 1. The second-order valence-corrected chi connectivity index (χ2v) is 7.46. The molecule has 0 radical (unpaired) electrons. The lowest BCUT2D eigenvalue weighted by atomic mass is 9.93. The molecule has 5 nitrogen and oxygen atoms in total. The molecule has 0 bridgehead atoms. The average Bonchev–Trinajstić information content (AvgIpc) is 2.60. The number of aryl methyl sites for hydroxylation is 1. The standard InChI is InChI=1S/C19H29BrN4O/c1-4-22-19(23-13-16-5-6-17(20)11-14(16)2)24-9-7-15(8-10-24)12-18(25)21-3/h5-6,11,15H,4,7-10,12-13H2,1-3H3,(H,21,25)(H,22,23). The first kappa shape index (κ1) is 19.8. The van der Waals surface area contributed by atoms with Gasteiger partial charge >= 0.3 is 0 Å². The molecule has 1 amide bonds. The van der Waals surface area contributed by atoms with E-state index in [2.05, 4.69) is 63.5 Å². The SMILES string of the molecule is CCNC(=NCc1ccc(Br)cc1C)N1CCC(CC(=O)NC)CC1. The number of halogens is 1. The van der Waals surface area contributed by atoms with Gasteiger partial charge in [-0.3, -0.25) is 4.79 Å². The molecule has 2 N–H and O–H groups in total. The highest BCUT2D eigenvalue weighted by Crippen LogP contribution is 2.21. The second-order valence-electron chi connectivity index (χ2n) is 6.55. The zero-order valence-corrected chi connectivity index (χ0v) is 17.0. The number of aliphatic imine (C=N–C) groups is 1. The molecule has 1 aliphatic heterocycles. The van der Waals surface area contributed by atoms with Crippen molar-refractivity contribution >= 4 is 27.8 Å². The Morgan fingerprint density at radius 3 is 2.68 bits per heavy atom. The van der Waals surface area contributed by atoms with E-state index in [4.69, 9.17) is 4.99 Å². The largest absolute Gasteiger partial charge is 0.359 e. The second kappa shape index (κ2) is 9.80. The molecule has 1 heterocycles. The molecule has 0 spiro atoms. The van der Waals surface area contributed by atoms with E-state index >= 15 is 0 Å². The van der Waals surface area contributed by atoms with Crippen molar-refractivity contribution in [2.45, 2.75) is 39.7 Å². The highest BCUT2D eigenvalue weighted by atomic mass is 79.9. The van der Waals surface area contributed by atoms with E-state index in [9.17, 15) is 4.79 Å². The summed E-state index contributed by atoms with van der Waals surface area (Å²) < 4.78 is 1.10. The Morgan fingerprint density at radius 2 is 2.08 bits per heavy atom. The van der Waals surface area contributed by atoms with Crippen LogP contribution in [-0.2, 0) is 11.3 Å². The van der Waals surface area contributed by atoms with Crippen molar-refractivity contribution in [2.75, 3.05) is 26.7 Å². The molecule has 1 saturated heterocycles. The van der Waals surface area contributed by atoms with E-state index in [1.54, 1.807) is 7.05 Å². The number of hydrogen-bond donors (Lipinski definition) is 2. The molecule has 25 heavy (non-hydrogen) atoms. The van der Waals surface area contributed by atoms with Crippen molar-refractivity contribution in [3.63, 3.8) is 0 Å². The normalized spacial score (nSPS) is 16.0. The number of piperidine rings is 1. The number of benzene rings is 1. The summed E-state index contributed by atoms with van der Waals surface area (Å²) in [6, 6.07) is 6.32. The molecular formula is C19H29BrN4O. The third kappa shape index (κ3) is 6.03. The summed E-state index contributed by atoms with van der Waals surface area (Å²) in [7, 11) is 1.71. The number of nitrogens with zero attached hydrogens (tertiary/aromatic N) is 2. The molecule has 0 aromatic heterocycles. The van der Waals surface area contributed by atoms with Crippen LogP contribution in [0.2, 0.25) is 0 Å². The Morgan fingerprint density at radius 1 is 1.36 bits per heavy atom. The van der Waals surface area contributed by atoms with Gasteiger partial charge in [-0.1, -0.05) is 22.0 Å². The van der Waals surface area contributed by atoms with E-state index in [1.807, 2.05) is 0 Å². The van der Waals surface area contributed by atoms with E-state index in [-0.39, 0.29) is 5.91 Å². The molecule has 0 unspecified atom stereocenters. The maximum absolute atomic E-state index is 11.5.